The molecular weight excluding hydrogens is 375 g/mol. The molecule has 3 aromatic carbocycles. The van der Waals surface area contributed by atoms with E-state index in [-0.39, 0.29) is 0 Å². The van der Waals surface area contributed by atoms with Gasteiger partial charge in [0.05, 0.1) is 0 Å². The maximum absolute atomic E-state index is 2.44. The smallest absolute Gasteiger partial charge is 0.0116 e. The zero-order valence-corrected chi connectivity index (χ0v) is 18.3. The fraction of sp³-hybridized carbons (Fsp3) is 0.231. The van der Waals surface area contributed by atoms with Gasteiger partial charge in [-0.1, -0.05) is 117 Å². The minimum Gasteiger partial charge on any atom is -0.0977 e. The summed E-state index contributed by atoms with van der Waals surface area (Å²) in [5.41, 5.74) is 0. The summed E-state index contributed by atoms with van der Waals surface area (Å²) in [6.45, 7) is 2.28. The molecule has 0 aliphatic carbocycles. The van der Waals surface area contributed by atoms with Crippen molar-refractivity contribution < 1.29 is 0 Å². The molecule has 0 heterocycles. The highest BCUT2D eigenvalue weighted by atomic mass is 32.2. The lowest BCUT2D eigenvalue weighted by molar-refractivity contribution is 0.672. The first-order valence-electron chi connectivity index (χ1n) is 10.2. The molecule has 2 heteroatoms. The Hall–Kier alpha value is -1.82. The molecule has 0 saturated carbocycles. The molecule has 3 rings (SSSR count). The third-order valence-electron chi connectivity index (χ3n) is 4.68. The van der Waals surface area contributed by atoms with Crippen molar-refractivity contribution in [3.8, 4) is 0 Å². The largest absolute Gasteiger partial charge is 0.0977 e. The molecular formula is C26H29PS. The van der Waals surface area contributed by atoms with Crippen molar-refractivity contribution in [3.05, 3.63) is 102 Å². The molecule has 0 nitrogen and oxygen atoms in total. The lowest BCUT2D eigenvalue weighted by Crippen LogP contribution is -2.13. The van der Waals surface area contributed by atoms with Gasteiger partial charge < -0.3 is 0 Å². The van der Waals surface area contributed by atoms with Gasteiger partial charge >= 0.3 is 0 Å². The van der Waals surface area contributed by atoms with Gasteiger partial charge in [0.1, 0.15) is 0 Å². The van der Waals surface area contributed by atoms with Gasteiger partial charge in [-0.15, -0.1) is 0 Å². The molecule has 0 aromatic heterocycles. The van der Waals surface area contributed by atoms with Gasteiger partial charge in [-0.3, -0.25) is 0 Å². The predicted molar refractivity (Wildman–Crippen MR) is 128 cm³/mol. The first kappa shape index (κ1) is 20.9. The third kappa shape index (κ3) is 6.36. The predicted octanol–water partition coefficient (Wildman–Crippen LogP) is 7.72. The summed E-state index contributed by atoms with van der Waals surface area (Å²) in [6, 6.07) is 32.8. The number of hydrogen-bond acceptors (Lipinski definition) is 1. The van der Waals surface area contributed by atoms with Crippen LogP contribution < -0.4 is 10.6 Å². The number of rotatable bonds is 10. The Morgan fingerprint density at radius 2 is 1.25 bits per heavy atom. The van der Waals surface area contributed by atoms with E-state index in [1.54, 1.807) is 5.31 Å². The van der Waals surface area contributed by atoms with Gasteiger partial charge in [-0.25, -0.2) is 0 Å². The minimum atomic E-state index is -0.491. The maximum atomic E-state index is 2.44. The number of hydrogen-bond donors (Lipinski definition) is 0. The van der Waals surface area contributed by atoms with Gasteiger partial charge in [0.15, 0.2) is 0 Å². The summed E-state index contributed by atoms with van der Waals surface area (Å²) >= 11 is 1.86. The standard InChI is InChI=1S/C26H29PS/c1-2-3-4-8-19-25(22-28-26-20-13-7-14-21-26)27(23-15-9-5-10-16-23)24-17-11-6-12-18-24/h5-7,9-18,20-22H,2-4,8,19H2,1H3/b25-22-. The Morgan fingerprint density at radius 3 is 1.79 bits per heavy atom. The lowest BCUT2D eigenvalue weighted by Gasteiger charge is -2.22. The van der Waals surface area contributed by atoms with E-state index in [4.69, 9.17) is 0 Å². The second-order valence-electron chi connectivity index (χ2n) is 6.86. The average molecular weight is 405 g/mol. The van der Waals surface area contributed by atoms with E-state index in [0.29, 0.717) is 0 Å². The molecule has 0 aliphatic rings. The summed E-state index contributed by atoms with van der Waals surface area (Å²) in [4.78, 5) is 1.31. The molecule has 144 valence electrons. The second kappa shape index (κ2) is 11.9. The SMILES string of the molecule is CCCCCC/C(=C/Sc1ccccc1)P(c1ccccc1)c1ccccc1. The van der Waals surface area contributed by atoms with Crippen LogP contribution in [0.2, 0.25) is 0 Å². The Kier molecular flexibility index (Phi) is 8.88. The van der Waals surface area contributed by atoms with Crippen molar-refractivity contribution in [1.82, 2.24) is 0 Å². The van der Waals surface area contributed by atoms with Crippen molar-refractivity contribution >= 4 is 30.3 Å². The fourth-order valence-electron chi connectivity index (χ4n) is 3.23. The molecule has 0 N–H and O–H groups in total. The van der Waals surface area contributed by atoms with Crippen molar-refractivity contribution in [2.75, 3.05) is 0 Å². The molecule has 0 atom stereocenters. The zero-order valence-electron chi connectivity index (χ0n) is 16.6. The molecule has 0 radical (unpaired) electrons. The third-order valence-corrected chi connectivity index (χ3v) is 8.35. The van der Waals surface area contributed by atoms with Crippen LogP contribution in [0.5, 0.6) is 0 Å². The Bertz CT molecular complexity index is 789. The molecule has 28 heavy (non-hydrogen) atoms. The Morgan fingerprint density at radius 1 is 0.714 bits per heavy atom. The normalized spacial score (nSPS) is 11.7. The van der Waals surface area contributed by atoms with E-state index in [2.05, 4.69) is 103 Å². The highest BCUT2D eigenvalue weighted by molar-refractivity contribution is 8.02. The van der Waals surface area contributed by atoms with E-state index in [1.165, 1.54) is 47.6 Å². The number of unbranched alkanes of at least 4 members (excludes halogenated alkanes) is 3. The van der Waals surface area contributed by atoms with Crippen molar-refractivity contribution in [2.45, 2.75) is 43.9 Å². The first-order chi connectivity index (χ1) is 13.9. The summed E-state index contributed by atoms with van der Waals surface area (Å²) in [6.07, 6.45) is 6.37. The van der Waals surface area contributed by atoms with Gasteiger partial charge in [-0.2, -0.15) is 0 Å². The van der Waals surface area contributed by atoms with Gasteiger partial charge in [-0.05, 0) is 54.2 Å². The van der Waals surface area contributed by atoms with Crippen LogP contribution in [-0.4, -0.2) is 0 Å². The lowest BCUT2D eigenvalue weighted by atomic mass is 10.1. The monoisotopic (exact) mass is 404 g/mol. The molecule has 0 aliphatic heterocycles. The van der Waals surface area contributed by atoms with Crippen molar-refractivity contribution in [2.24, 2.45) is 0 Å². The van der Waals surface area contributed by atoms with Crippen LogP contribution in [0.4, 0.5) is 0 Å². The summed E-state index contributed by atoms with van der Waals surface area (Å²) in [5, 5.41) is 6.91. The zero-order chi connectivity index (χ0) is 19.4. The van der Waals surface area contributed by atoms with Gasteiger partial charge in [0.25, 0.3) is 0 Å². The number of allylic oxidation sites excluding steroid dienone is 1. The fourth-order valence-corrected chi connectivity index (χ4v) is 6.79. The highest BCUT2D eigenvalue weighted by Crippen LogP contribution is 2.47. The first-order valence-corrected chi connectivity index (χ1v) is 12.4. The van der Waals surface area contributed by atoms with Crippen molar-refractivity contribution in [3.63, 3.8) is 0 Å². The Balaban J connectivity index is 1.93. The Labute approximate surface area is 175 Å². The average Bonchev–Trinajstić information content (AvgIpc) is 2.77. The van der Waals surface area contributed by atoms with Crippen LogP contribution in [0.1, 0.15) is 39.0 Å². The molecule has 0 fully saturated rings. The molecule has 0 unspecified atom stereocenters. The van der Waals surface area contributed by atoms with Crippen LogP contribution in [-0.2, 0) is 0 Å². The molecule has 0 bridgehead atoms. The molecule has 0 saturated heterocycles. The maximum Gasteiger partial charge on any atom is 0.0116 e. The highest BCUT2D eigenvalue weighted by Gasteiger charge is 2.18. The van der Waals surface area contributed by atoms with Crippen LogP contribution in [0.25, 0.3) is 0 Å². The summed E-state index contributed by atoms with van der Waals surface area (Å²) < 4.78 is 0. The topological polar surface area (TPSA) is 0 Å². The van der Waals surface area contributed by atoms with E-state index in [9.17, 15) is 0 Å². The minimum absolute atomic E-state index is 0.491. The molecule has 3 aromatic rings. The quantitative estimate of drug-likeness (QED) is 0.189. The second-order valence-corrected chi connectivity index (χ2v) is 10.1. The van der Waals surface area contributed by atoms with Crippen LogP contribution >= 0.6 is 19.7 Å². The number of thioether (sulfide) groups is 1. The van der Waals surface area contributed by atoms with E-state index in [0.717, 1.165) is 0 Å². The summed E-state index contributed by atoms with van der Waals surface area (Å²) in [7, 11) is -0.491. The van der Waals surface area contributed by atoms with Gasteiger partial charge in [0.2, 0.25) is 0 Å². The van der Waals surface area contributed by atoms with Gasteiger partial charge in [0, 0.05) is 4.90 Å². The van der Waals surface area contributed by atoms with Crippen LogP contribution in [0.3, 0.4) is 0 Å². The number of benzene rings is 3. The molecule has 0 amide bonds. The van der Waals surface area contributed by atoms with E-state index < -0.39 is 7.92 Å². The van der Waals surface area contributed by atoms with Crippen molar-refractivity contribution in [1.29, 1.82) is 0 Å². The molecule has 0 spiro atoms. The van der Waals surface area contributed by atoms with Crippen LogP contribution in [0, 0.1) is 0 Å². The van der Waals surface area contributed by atoms with E-state index in [1.807, 2.05) is 11.8 Å². The van der Waals surface area contributed by atoms with E-state index >= 15 is 0 Å². The summed E-state index contributed by atoms with van der Waals surface area (Å²) in [5.74, 6) is 0. The van der Waals surface area contributed by atoms with Crippen LogP contribution in [0.15, 0.2) is 107 Å².